The third kappa shape index (κ3) is 5.84. The molecule has 1 aromatic rings. The average Bonchev–Trinajstić information content (AvgIpc) is 2.44. The van der Waals surface area contributed by atoms with Crippen molar-refractivity contribution in [1.82, 2.24) is 10.2 Å². The van der Waals surface area contributed by atoms with Crippen molar-refractivity contribution in [2.45, 2.75) is 32.9 Å². The van der Waals surface area contributed by atoms with Gasteiger partial charge in [0.25, 0.3) is 0 Å². The number of rotatable bonds is 7. The number of amides is 2. The molecule has 0 bridgehead atoms. The van der Waals surface area contributed by atoms with Gasteiger partial charge < -0.3 is 15.3 Å². The number of aliphatic hydroxyl groups is 1. The first-order chi connectivity index (χ1) is 9.52. The van der Waals surface area contributed by atoms with Gasteiger partial charge in [0, 0.05) is 32.5 Å². The number of carbonyl (C=O) groups excluding carboxylic acids is 2. The highest BCUT2D eigenvalue weighted by Crippen LogP contribution is 2.05. The second-order valence-electron chi connectivity index (χ2n) is 4.83. The van der Waals surface area contributed by atoms with Gasteiger partial charge in [0.05, 0.1) is 6.61 Å². The summed E-state index contributed by atoms with van der Waals surface area (Å²) in [5.74, 6) is -0.220. The van der Waals surface area contributed by atoms with Crippen LogP contribution in [0.15, 0.2) is 30.3 Å². The highest BCUT2D eigenvalue weighted by molar-refractivity contribution is 5.78. The van der Waals surface area contributed by atoms with Crippen LogP contribution in [0, 0.1) is 0 Å². The summed E-state index contributed by atoms with van der Waals surface area (Å²) in [5, 5.41) is 11.5. The van der Waals surface area contributed by atoms with Gasteiger partial charge in [-0.25, -0.2) is 0 Å². The van der Waals surface area contributed by atoms with Gasteiger partial charge in [-0.1, -0.05) is 30.3 Å². The summed E-state index contributed by atoms with van der Waals surface area (Å²) in [4.78, 5) is 24.9. The summed E-state index contributed by atoms with van der Waals surface area (Å²) in [5.41, 5.74) is 1.03. The van der Waals surface area contributed by atoms with Crippen molar-refractivity contribution in [1.29, 1.82) is 0 Å². The molecule has 110 valence electrons. The maximum Gasteiger partial charge on any atom is 0.222 e. The van der Waals surface area contributed by atoms with E-state index in [1.165, 1.54) is 6.92 Å². The second-order valence-corrected chi connectivity index (χ2v) is 4.83. The standard InChI is InChI=1S/C15H22N2O3/c1-12(11-18)16-15(20)8-9-17(13(2)19)10-14-6-4-3-5-7-14/h3-7,12,18H,8-11H2,1-2H3,(H,16,20). The van der Waals surface area contributed by atoms with E-state index in [9.17, 15) is 9.59 Å². The average molecular weight is 278 g/mol. The van der Waals surface area contributed by atoms with E-state index < -0.39 is 0 Å². The van der Waals surface area contributed by atoms with Gasteiger partial charge in [-0.15, -0.1) is 0 Å². The zero-order valence-corrected chi connectivity index (χ0v) is 12.0. The first-order valence-corrected chi connectivity index (χ1v) is 6.72. The summed E-state index contributed by atoms with van der Waals surface area (Å²) in [6.45, 7) is 4.00. The number of carbonyl (C=O) groups is 2. The van der Waals surface area contributed by atoms with Gasteiger partial charge in [0.2, 0.25) is 11.8 Å². The first kappa shape index (κ1) is 16.2. The van der Waals surface area contributed by atoms with E-state index >= 15 is 0 Å². The highest BCUT2D eigenvalue weighted by Gasteiger charge is 2.12. The van der Waals surface area contributed by atoms with Gasteiger partial charge in [0.15, 0.2) is 0 Å². The van der Waals surface area contributed by atoms with E-state index in [2.05, 4.69) is 5.32 Å². The topological polar surface area (TPSA) is 69.6 Å². The van der Waals surface area contributed by atoms with Gasteiger partial charge in [-0.05, 0) is 12.5 Å². The monoisotopic (exact) mass is 278 g/mol. The van der Waals surface area contributed by atoms with Crippen LogP contribution >= 0.6 is 0 Å². The Balaban J connectivity index is 2.48. The lowest BCUT2D eigenvalue weighted by atomic mass is 10.2. The maximum absolute atomic E-state index is 11.6. The molecule has 2 N–H and O–H groups in total. The zero-order chi connectivity index (χ0) is 15.0. The SMILES string of the molecule is CC(=O)N(CCC(=O)NC(C)CO)Cc1ccccc1. The number of nitrogens with zero attached hydrogens (tertiary/aromatic N) is 1. The summed E-state index contributed by atoms with van der Waals surface area (Å²) in [6.07, 6.45) is 0.233. The van der Waals surface area contributed by atoms with Gasteiger partial charge >= 0.3 is 0 Å². The van der Waals surface area contributed by atoms with E-state index in [4.69, 9.17) is 5.11 Å². The van der Waals surface area contributed by atoms with Crippen LogP contribution in [-0.2, 0) is 16.1 Å². The lowest BCUT2D eigenvalue weighted by Gasteiger charge is -2.21. The summed E-state index contributed by atoms with van der Waals surface area (Å²) >= 11 is 0. The molecule has 0 aliphatic carbocycles. The molecule has 0 saturated heterocycles. The van der Waals surface area contributed by atoms with Gasteiger partial charge in [0.1, 0.15) is 0 Å². The Morgan fingerprint density at radius 1 is 1.30 bits per heavy atom. The molecule has 0 fully saturated rings. The summed E-state index contributed by atoms with van der Waals surface area (Å²) < 4.78 is 0. The Kier molecular flexibility index (Phi) is 6.73. The Morgan fingerprint density at radius 3 is 2.50 bits per heavy atom. The smallest absolute Gasteiger partial charge is 0.222 e. The molecular formula is C15H22N2O3. The molecule has 0 spiro atoms. The van der Waals surface area contributed by atoms with E-state index in [0.29, 0.717) is 13.1 Å². The van der Waals surface area contributed by atoms with Crippen LogP contribution in [0.5, 0.6) is 0 Å². The van der Waals surface area contributed by atoms with Crippen molar-refractivity contribution < 1.29 is 14.7 Å². The predicted molar refractivity (Wildman–Crippen MR) is 76.8 cm³/mol. The number of hydrogen-bond donors (Lipinski definition) is 2. The first-order valence-electron chi connectivity index (χ1n) is 6.72. The molecule has 2 amide bonds. The Hall–Kier alpha value is -1.88. The maximum atomic E-state index is 11.6. The predicted octanol–water partition coefficient (Wildman–Crippen LogP) is 0.922. The van der Waals surface area contributed by atoms with E-state index in [1.54, 1.807) is 11.8 Å². The third-order valence-electron chi connectivity index (χ3n) is 2.95. The van der Waals surface area contributed by atoms with Crippen molar-refractivity contribution in [2.75, 3.05) is 13.2 Å². The van der Waals surface area contributed by atoms with E-state index in [1.807, 2.05) is 30.3 Å². The second kappa shape index (κ2) is 8.32. The molecule has 1 rings (SSSR count). The van der Waals surface area contributed by atoms with Crippen LogP contribution < -0.4 is 5.32 Å². The van der Waals surface area contributed by atoms with Crippen LogP contribution in [0.4, 0.5) is 0 Å². The summed E-state index contributed by atoms with van der Waals surface area (Å²) in [6, 6.07) is 9.40. The van der Waals surface area contributed by atoms with Crippen LogP contribution in [0.25, 0.3) is 0 Å². The van der Waals surface area contributed by atoms with Crippen LogP contribution in [0.2, 0.25) is 0 Å². The molecule has 1 aromatic carbocycles. The minimum atomic E-state index is -0.262. The zero-order valence-electron chi connectivity index (χ0n) is 12.0. The Bertz CT molecular complexity index is 434. The normalized spacial score (nSPS) is 11.8. The molecule has 20 heavy (non-hydrogen) atoms. The quantitative estimate of drug-likeness (QED) is 0.779. The molecule has 5 nitrogen and oxygen atoms in total. The largest absolute Gasteiger partial charge is 0.394 e. The van der Waals surface area contributed by atoms with Crippen molar-refractivity contribution in [2.24, 2.45) is 0 Å². The van der Waals surface area contributed by atoms with Crippen molar-refractivity contribution in [3.8, 4) is 0 Å². The minimum Gasteiger partial charge on any atom is -0.394 e. The fraction of sp³-hybridized carbons (Fsp3) is 0.467. The van der Waals surface area contributed by atoms with Crippen molar-refractivity contribution >= 4 is 11.8 Å². The molecule has 5 heteroatoms. The number of aliphatic hydroxyl groups excluding tert-OH is 1. The van der Waals surface area contributed by atoms with Gasteiger partial charge in [-0.2, -0.15) is 0 Å². The molecular weight excluding hydrogens is 256 g/mol. The minimum absolute atomic E-state index is 0.0585. The lowest BCUT2D eigenvalue weighted by molar-refractivity contribution is -0.130. The Labute approximate surface area is 119 Å². The molecule has 1 unspecified atom stereocenters. The van der Waals surface area contributed by atoms with Gasteiger partial charge in [-0.3, -0.25) is 9.59 Å². The molecule has 0 aromatic heterocycles. The summed E-state index contributed by atoms with van der Waals surface area (Å²) in [7, 11) is 0. The number of nitrogens with one attached hydrogen (secondary N) is 1. The molecule has 1 atom stereocenters. The fourth-order valence-corrected chi connectivity index (χ4v) is 1.78. The van der Waals surface area contributed by atoms with Crippen LogP contribution in [0.1, 0.15) is 25.8 Å². The molecule has 0 saturated carbocycles. The lowest BCUT2D eigenvalue weighted by Crippen LogP contribution is -2.38. The number of benzene rings is 1. The van der Waals surface area contributed by atoms with E-state index in [0.717, 1.165) is 5.56 Å². The molecule has 0 heterocycles. The van der Waals surface area contributed by atoms with Crippen LogP contribution in [0.3, 0.4) is 0 Å². The van der Waals surface area contributed by atoms with Crippen LogP contribution in [-0.4, -0.2) is 41.0 Å². The fourth-order valence-electron chi connectivity index (χ4n) is 1.78. The molecule has 0 aliphatic heterocycles. The Morgan fingerprint density at radius 2 is 1.95 bits per heavy atom. The van der Waals surface area contributed by atoms with E-state index in [-0.39, 0.29) is 30.9 Å². The van der Waals surface area contributed by atoms with Crippen molar-refractivity contribution in [3.05, 3.63) is 35.9 Å². The molecule has 0 aliphatic rings. The molecule has 0 radical (unpaired) electrons. The number of hydrogen-bond acceptors (Lipinski definition) is 3. The van der Waals surface area contributed by atoms with Crippen molar-refractivity contribution in [3.63, 3.8) is 0 Å². The third-order valence-corrected chi connectivity index (χ3v) is 2.95. The highest BCUT2D eigenvalue weighted by atomic mass is 16.3.